The van der Waals surface area contributed by atoms with Crippen LogP contribution in [0.15, 0.2) is 25.3 Å². The van der Waals surface area contributed by atoms with E-state index >= 15 is 0 Å². The van der Waals surface area contributed by atoms with Crippen LogP contribution in [0.1, 0.15) is 40.5 Å². The van der Waals surface area contributed by atoms with Crippen LogP contribution >= 0.6 is 0 Å². The van der Waals surface area contributed by atoms with Gasteiger partial charge in [-0.15, -0.1) is 13.2 Å². The van der Waals surface area contributed by atoms with Crippen LogP contribution in [-0.2, 0) is 14.2 Å². The summed E-state index contributed by atoms with van der Waals surface area (Å²) in [7, 11) is 0. The van der Waals surface area contributed by atoms with Crippen LogP contribution in [0.4, 0.5) is 4.79 Å². The molecule has 0 aromatic rings. The molecule has 5 nitrogen and oxygen atoms in total. The van der Waals surface area contributed by atoms with Gasteiger partial charge in [0, 0.05) is 0 Å². The maximum absolute atomic E-state index is 12.5. The highest BCUT2D eigenvalue weighted by molar-refractivity contribution is 5.69. The van der Waals surface area contributed by atoms with Crippen molar-refractivity contribution >= 4 is 6.09 Å². The molecule has 0 spiro atoms. The highest BCUT2D eigenvalue weighted by Crippen LogP contribution is 2.31. The summed E-state index contributed by atoms with van der Waals surface area (Å²) in [4.78, 5) is 14.2. The van der Waals surface area contributed by atoms with E-state index in [0.29, 0.717) is 32.2 Å². The minimum absolute atomic E-state index is 0.0200. The molecule has 0 aromatic carbocycles. The fourth-order valence-electron chi connectivity index (χ4n) is 2.66. The number of hydrogen-bond donors (Lipinski definition) is 0. The molecule has 0 radical (unpaired) electrons. The van der Waals surface area contributed by atoms with Crippen LogP contribution < -0.4 is 0 Å². The molecule has 1 saturated heterocycles. The molecule has 0 saturated carbocycles. The molecule has 5 heteroatoms. The lowest BCUT2D eigenvalue weighted by molar-refractivity contribution is -0.0511. The van der Waals surface area contributed by atoms with Crippen LogP contribution in [0.2, 0.25) is 0 Å². The fraction of sp³-hybridized carbons (Fsp3) is 0.722. The van der Waals surface area contributed by atoms with E-state index in [9.17, 15) is 4.79 Å². The zero-order valence-electron chi connectivity index (χ0n) is 14.9. The summed E-state index contributed by atoms with van der Waals surface area (Å²) in [5, 5.41) is 0. The summed E-state index contributed by atoms with van der Waals surface area (Å²) >= 11 is 0. The highest BCUT2D eigenvalue weighted by atomic mass is 16.6. The number of carbonyl (C=O) groups is 1. The van der Waals surface area contributed by atoms with Crippen molar-refractivity contribution in [2.24, 2.45) is 5.92 Å². The molecular weight excluding hydrogens is 294 g/mol. The average molecular weight is 325 g/mol. The van der Waals surface area contributed by atoms with Crippen molar-refractivity contribution in [1.29, 1.82) is 0 Å². The maximum atomic E-state index is 12.5. The van der Waals surface area contributed by atoms with Gasteiger partial charge in [-0.25, -0.2) is 4.79 Å². The molecule has 1 unspecified atom stereocenters. The molecule has 0 aliphatic carbocycles. The van der Waals surface area contributed by atoms with Crippen molar-refractivity contribution < 1.29 is 19.0 Å². The van der Waals surface area contributed by atoms with E-state index in [1.54, 1.807) is 11.0 Å². The van der Waals surface area contributed by atoms with Gasteiger partial charge in [0.15, 0.2) is 0 Å². The summed E-state index contributed by atoms with van der Waals surface area (Å²) < 4.78 is 17.0. The topological polar surface area (TPSA) is 48.0 Å². The number of rotatable bonds is 9. The molecule has 0 aromatic heterocycles. The minimum atomic E-state index is -0.671. The van der Waals surface area contributed by atoms with Gasteiger partial charge in [-0.1, -0.05) is 26.0 Å². The molecule has 0 bridgehead atoms. The van der Waals surface area contributed by atoms with E-state index in [0.717, 1.165) is 6.42 Å². The molecule has 0 N–H and O–H groups in total. The lowest BCUT2D eigenvalue weighted by Gasteiger charge is -2.34. The Balaban J connectivity index is 2.75. The van der Waals surface area contributed by atoms with Gasteiger partial charge in [0.25, 0.3) is 0 Å². The predicted molar refractivity (Wildman–Crippen MR) is 91.2 cm³/mol. The first-order valence-corrected chi connectivity index (χ1v) is 8.25. The highest BCUT2D eigenvalue weighted by Gasteiger charge is 2.45. The quantitative estimate of drug-likeness (QED) is 0.606. The van der Waals surface area contributed by atoms with Crippen molar-refractivity contribution in [3.05, 3.63) is 25.3 Å². The second-order valence-electron chi connectivity index (χ2n) is 6.76. The number of nitrogens with zero attached hydrogens (tertiary/aromatic N) is 1. The molecule has 1 amide bonds. The normalized spacial score (nSPS) is 21.3. The fourth-order valence-corrected chi connectivity index (χ4v) is 2.66. The summed E-state index contributed by atoms with van der Waals surface area (Å²) in [6.07, 6.45) is 4.61. The first-order chi connectivity index (χ1) is 10.8. The summed E-state index contributed by atoms with van der Waals surface area (Å²) in [6, 6.07) is -0.0700. The molecule has 1 aliphatic rings. The van der Waals surface area contributed by atoms with Crippen molar-refractivity contribution in [3.8, 4) is 0 Å². The van der Waals surface area contributed by atoms with Gasteiger partial charge in [0.2, 0.25) is 0 Å². The van der Waals surface area contributed by atoms with Crippen molar-refractivity contribution in [2.75, 3.05) is 19.8 Å². The average Bonchev–Trinajstić information content (AvgIpc) is 2.77. The van der Waals surface area contributed by atoms with Crippen LogP contribution in [0.25, 0.3) is 0 Å². The molecule has 2 atom stereocenters. The lowest BCUT2D eigenvalue weighted by atomic mass is 10.1. The van der Waals surface area contributed by atoms with E-state index in [-0.39, 0.29) is 18.2 Å². The standard InChI is InChI=1S/C18H31NO4/c1-7-9-16(21-10-8-2)11-15-13-23-18(5,6)19(15)17(20)22-12-14(3)4/h7-8,14-16H,1-2,9-13H2,3-6H3/t15-,16?/m0/s1. The SMILES string of the molecule is C=CCOC(CC=C)C[C@H]1COC(C)(C)N1C(=O)OCC(C)C. The van der Waals surface area contributed by atoms with Crippen LogP contribution in [0.3, 0.4) is 0 Å². The number of ether oxygens (including phenoxy) is 3. The first kappa shape index (κ1) is 19.7. The number of amides is 1. The lowest BCUT2D eigenvalue weighted by Crippen LogP contribution is -2.49. The molecule has 1 heterocycles. The number of carbonyl (C=O) groups excluding carboxylic acids is 1. The second-order valence-corrected chi connectivity index (χ2v) is 6.76. The Kier molecular flexibility index (Phi) is 7.79. The van der Waals surface area contributed by atoms with Crippen molar-refractivity contribution in [3.63, 3.8) is 0 Å². The smallest absolute Gasteiger partial charge is 0.412 e. The summed E-state index contributed by atoms with van der Waals surface area (Å²) in [6.45, 7) is 16.6. The van der Waals surface area contributed by atoms with Crippen molar-refractivity contribution in [1.82, 2.24) is 4.90 Å². The van der Waals surface area contributed by atoms with Gasteiger partial charge in [0.05, 0.1) is 32.0 Å². The van der Waals surface area contributed by atoms with E-state index in [1.165, 1.54) is 0 Å². The first-order valence-electron chi connectivity index (χ1n) is 8.25. The van der Waals surface area contributed by atoms with E-state index in [2.05, 4.69) is 13.2 Å². The molecule has 1 aliphatic heterocycles. The third kappa shape index (κ3) is 5.99. The summed E-state index contributed by atoms with van der Waals surface area (Å²) in [5.41, 5.74) is -0.671. The van der Waals surface area contributed by atoms with Crippen LogP contribution in [0, 0.1) is 5.92 Å². The van der Waals surface area contributed by atoms with Crippen molar-refractivity contribution in [2.45, 2.75) is 58.4 Å². The van der Waals surface area contributed by atoms with Crippen LogP contribution in [0.5, 0.6) is 0 Å². The summed E-state index contributed by atoms with van der Waals surface area (Å²) in [5.74, 6) is 0.300. The number of hydrogen-bond acceptors (Lipinski definition) is 4. The van der Waals surface area contributed by atoms with Gasteiger partial charge < -0.3 is 14.2 Å². The van der Waals surface area contributed by atoms with E-state index < -0.39 is 5.72 Å². The van der Waals surface area contributed by atoms with E-state index in [4.69, 9.17) is 14.2 Å². The maximum Gasteiger partial charge on any atom is 0.412 e. The van der Waals surface area contributed by atoms with Gasteiger partial charge in [-0.3, -0.25) is 4.90 Å². The minimum Gasteiger partial charge on any atom is -0.449 e. The monoisotopic (exact) mass is 325 g/mol. The predicted octanol–water partition coefficient (Wildman–Crippen LogP) is 3.75. The Hall–Kier alpha value is -1.33. The molecular formula is C18H31NO4. The van der Waals surface area contributed by atoms with Gasteiger partial charge in [0.1, 0.15) is 5.72 Å². The zero-order chi connectivity index (χ0) is 17.5. The Morgan fingerprint density at radius 2 is 2.09 bits per heavy atom. The van der Waals surface area contributed by atoms with Gasteiger partial charge >= 0.3 is 6.09 Å². The van der Waals surface area contributed by atoms with Crippen LogP contribution in [-0.4, -0.2) is 48.7 Å². The zero-order valence-corrected chi connectivity index (χ0v) is 14.9. The Morgan fingerprint density at radius 1 is 1.39 bits per heavy atom. The van der Waals surface area contributed by atoms with E-state index in [1.807, 2.05) is 33.8 Å². The third-order valence-corrected chi connectivity index (χ3v) is 3.73. The Morgan fingerprint density at radius 3 is 2.65 bits per heavy atom. The molecule has 132 valence electrons. The largest absolute Gasteiger partial charge is 0.449 e. The molecule has 23 heavy (non-hydrogen) atoms. The van der Waals surface area contributed by atoms with Gasteiger partial charge in [-0.05, 0) is 32.6 Å². The Bertz CT molecular complexity index is 406. The Labute approximate surface area is 140 Å². The second kappa shape index (κ2) is 9.08. The van der Waals surface area contributed by atoms with Gasteiger partial charge in [-0.2, -0.15) is 0 Å². The molecule has 1 rings (SSSR count). The molecule has 1 fully saturated rings. The third-order valence-electron chi connectivity index (χ3n) is 3.73.